The Balaban J connectivity index is 3.66. The Labute approximate surface area is 100 Å². The maximum absolute atomic E-state index is 11.2. The fraction of sp³-hybridized carbons (Fsp3) is 0.833. The van der Waals surface area contributed by atoms with Crippen LogP contribution in [0.25, 0.3) is 0 Å². The summed E-state index contributed by atoms with van der Waals surface area (Å²) in [5, 5.41) is 3.24. The lowest BCUT2D eigenvalue weighted by Gasteiger charge is -2.12. The van der Waals surface area contributed by atoms with Crippen molar-refractivity contribution >= 4 is 9.84 Å². The molecule has 3 nitrogen and oxygen atoms in total. The van der Waals surface area contributed by atoms with E-state index in [1.807, 2.05) is 0 Å². The van der Waals surface area contributed by atoms with Gasteiger partial charge < -0.3 is 5.32 Å². The highest BCUT2D eigenvalue weighted by atomic mass is 32.2. The normalized spacial score (nSPS) is 13.5. The van der Waals surface area contributed by atoms with Gasteiger partial charge in [-0.1, -0.05) is 18.6 Å². The van der Waals surface area contributed by atoms with E-state index in [1.165, 1.54) is 5.57 Å². The summed E-state index contributed by atoms with van der Waals surface area (Å²) in [7, 11) is -2.82. The van der Waals surface area contributed by atoms with Gasteiger partial charge in [0.05, 0.1) is 5.75 Å². The lowest BCUT2D eigenvalue weighted by Crippen LogP contribution is -2.31. The molecule has 4 heteroatoms. The first-order valence-corrected chi connectivity index (χ1v) is 7.76. The summed E-state index contributed by atoms with van der Waals surface area (Å²) in [5.74, 6) is 0.483. The Bertz CT molecular complexity index is 303. The fourth-order valence-electron chi connectivity index (χ4n) is 1.33. The van der Waals surface area contributed by atoms with Gasteiger partial charge in [-0.2, -0.15) is 0 Å². The van der Waals surface area contributed by atoms with E-state index >= 15 is 0 Å². The average Bonchev–Trinajstić information content (AvgIpc) is 2.17. The number of sulfone groups is 1. The van der Waals surface area contributed by atoms with Gasteiger partial charge in [-0.3, -0.25) is 0 Å². The Morgan fingerprint density at radius 1 is 1.38 bits per heavy atom. The second kappa shape index (κ2) is 7.85. The summed E-state index contributed by atoms with van der Waals surface area (Å²) in [5.41, 5.74) is 1.33. The molecule has 0 saturated heterocycles. The third-order valence-corrected chi connectivity index (χ3v) is 4.20. The monoisotopic (exact) mass is 247 g/mol. The van der Waals surface area contributed by atoms with Crippen molar-refractivity contribution in [2.24, 2.45) is 0 Å². The number of nitrogens with one attached hydrogen (secondary N) is 1. The van der Waals surface area contributed by atoms with Gasteiger partial charge in [0.1, 0.15) is 0 Å². The van der Waals surface area contributed by atoms with Gasteiger partial charge in [-0.25, -0.2) is 8.42 Å². The summed E-state index contributed by atoms with van der Waals surface area (Å²) < 4.78 is 22.5. The van der Waals surface area contributed by atoms with Crippen molar-refractivity contribution in [1.82, 2.24) is 5.32 Å². The zero-order chi connectivity index (χ0) is 12.6. The Hall–Kier alpha value is -0.350. The van der Waals surface area contributed by atoms with E-state index in [0.717, 1.165) is 12.8 Å². The van der Waals surface area contributed by atoms with E-state index in [9.17, 15) is 8.42 Å². The van der Waals surface area contributed by atoms with Gasteiger partial charge in [0.15, 0.2) is 9.84 Å². The smallest absolute Gasteiger partial charge is 0.151 e. The molecule has 16 heavy (non-hydrogen) atoms. The molecule has 0 bridgehead atoms. The van der Waals surface area contributed by atoms with Crippen LogP contribution in [0.2, 0.25) is 0 Å². The van der Waals surface area contributed by atoms with Gasteiger partial charge in [0.2, 0.25) is 0 Å². The third kappa shape index (κ3) is 8.92. The second-order valence-electron chi connectivity index (χ2n) is 4.45. The molecule has 1 unspecified atom stereocenters. The van der Waals surface area contributed by atoms with Gasteiger partial charge >= 0.3 is 0 Å². The van der Waals surface area contributed by atoms with Gasteiger partial charge in [0.25, 0.3) is 0 Å². The van der Waals surface area contributed by atoms with E-state index in [1.54, 1.807) is 6.92 Å². The highest BCUT2D eigenvalue weighted by molar-refractivity contribution is 7.91. The molecule has 0 aromatic heterocycles. The van der Waals surface area contributed by atoms with Crippen molar-refractivity contribution in [3.05, 3.63) is 11.6 Å². The van der Waals surface area contributed by atoms with E-state index in [0.29, 0.717) is 12.6 Å². The Kier molecular flexibility index (Phi) is 7.68. The highest BCUT2D eigenvalue weighted by Crippen LogP contribution is 2.01. The van der Waals surface area contributed by atoms with Crippen molar-refractivity contribution in [2.45, 2.75) is 46.6 Å². The molecule has 0 amide bonds. The first kappa shape index (κ1) is 15.7. The number of hydrogen-bond acceptors (Lipinski definition) is 3. The Morgan fingerprint density at radius 3 is 2.50 bits per heavy atom. The van der Waals surface area contributed by atoms with Crippen LogP contribution in [0.5, 0.6) is 0 Å². The molecular weight excluding hydrogens is 222 g/mol. The molecule has 0 spiro atoms. The number of hydrogen-bond donors (Lipinski definition) is 1. The van der Waals surface area contributed by atoms with Crippen LogP contribution in [0.4, 0.5) is 0 Å². The predicted octanol–water partition coefficient (Wildman–Crippen LogP) is 2.15. The summed E-state index contributed by atoms with van der Waals surface area (Å²) in [4.78, 5) is 0. The molecule has 0 aliphatic rings. The lowest BCUT2D eigenvalue weighted by atomic mass is 10.1. The van der Waals surface area contributed by atoms with Crippen molar-refractivity contribution in [3.63, 3.8) is 0 Å². The van der Waals surface area contributed by atoms with E-state index in [-0.39, 0.29) is 11.5 Å². The molecule has 0 aromatic rings. The largest absolute Gasteiger partial charge is 0.313 e. The minimum atomic E-state index is -2.82. The summed E-state index contributed by atoms with van der Waals surface area (Å²) in [6.07, 6.45) is 4.31. The number of rotatable bonds is 8. The fourth-order valence-corrected chi connectivity index (χ4v) is 2.05. The first-order chi connectivity index (χ1) is 7.37. The van der Waals surface area contributed by atoms with Gasteiger partial charge in [0, 0.05) is 18.3 Å². The molecule has 0 aliphatic heterocycles. The van der Waals surface area contributed by atoms with Crippen LogP contribution in [0.1, 0.15) is 40.5 Å². The average molecular weight is 247 g/mol. The van der Waals surface area contributed by atoms with Crippen molar-refractivity contribution < 1.29 is 8.42 Å². The van der Waals surface area contributed by atoms with E-state index in [2.05, 4.69) is 32.2 Å². The molecule has 1 atom stereocenters. The maximum atomic E-state index is 11.2. The maximum Gasteiger partial charge on any atom is 0.151 e. The summed E-state index contributed by atoms with van der Waals surface area (Å²) in [6.45, 7) is 8.52. The van der Waals surface area contributed by atoms with Crippen LogP contribution in [0, 0.1) is 0 Å². The lowest BCUT2D eigenvalue weighted by molar-refractivity contribution is 0.529. The molecule has 0 heterocycles. The van der Waals surface area contributed by atoms with Crippen LogP contribution in [-0.4, -0.2) is 32.5 Å². The zero-order valence-corrected chi connectivity index (χ0v) is 11.7. The van der Waals surface area contributed by atoms with Crippen LogP contribution < -0.4 is 5.32 Å². The zero-order valence-electron chi connectivity index (χ0n) is 10.9. The predicted molar refractivity (Wildman–Crippen MR) is 70.5 cm³/mol. The summed E-state index contributed by atoms with van der Waals surface area (Å²) >= 11 is 0. The molecule has 96 valence electrons. The minimum Gasteiger partial charge on any atom is -0.313 e. The second-order valence-corrected chi connectivity index (χ2v) is 6.92. The molecular formula is C12H25NO2S. The standard InChI is InChI=1S/C12H25NO2S/c1-5-16(14,15)10-9-13-12(4)8-6-7-11(2)3/h7,12-13H,5-6,8-10H2,1-4H3. The third-order valence-electron chi connectivity index (χ3n) is 2.50. The topological polar surface area (TPSA) is 46.2 Å². The summed E-state index contributed by atoms with van der Waals surface area (Å²) in [6, 6.07) is 0.377. The van der Waals surface area contributed by atoms with Gasteiger partial charge in [-0.05, 0) is 33.6 Å². The molecule has 0 aliphatic carbocycles. The number of allylic oxidation sites excluding steroid dienone is 2. The molecule has 0 rings (SSSR count). The van der Waals surface area contributed by atoms with E-state index < -0.39 is 9.84 Å². The quantitative estimate of drug-likeness (QED) is 0.669. The van der Waals surface area contributed by atoms with Crippen LogP contribution >= 0.6 is 0 Å². The first-order valence-electron chi connectivity index (χ1n) is 5.94. The van der Waals surface area contributed by atoms with Crippen LogP contribution in [0.3, 0.4) is 0 Å². The Morgan fingerprint density at radius 2 is 2.00 bits per heavy atom. The highest BCUT2D eigenvalue weighted by Gasteiger charge is 2.07. The van der Waals surface area contributed by atoms with Crippen LogP contribution in [0.15, 0.2) is 11.6 Å². The molecule has 0 fully saturated rings. The van der Waals surface area contributed by atoms with Crippen molar-refractivity contribution in [1.29, 1.82) is 0 Å². The van der Waals surface area contributed by atoms with Crippen molar-refractivity contribution in [3.8, 4) is 0 Å². The molecule has 0 aromatic carbocycles. The van der Waals surface area contributed by atoms with E-state index in [4.69, 9.17) is 0 Å². The molecule has 1 N–H and O–H groups in total. The molecule has 0 saturated carbocycles. The van der Waals surface area contributed by atoms with Gasteiger partial charge in [-0.15, -0.1) is 0 Å². The van der Waals surface area contributed by atoms with Crippen molar-refractivity contribution in [2.75, 3.05) is 18.1 Å². The SMILES string of the molecule is CCS(=O)(=O)CCNC(C)CCC=C(C)C. The van der Waals surface area contributed by atoms with Crippen LogP contribution in [-0.2, 0) is 9.84 Å². The molecule has 0 radical (unpaired) electrons. The minimum absolute atomic E-state index is 0.237.